The van der Waals surface area contributed by atoms with Gasteiger partial charge in [-0.25, -0.2) is 0 Å². The molecule has 9 nitrogen and oxygen atoms in total. The van der Waals surface area contributed by atoms with Crippen molar-refractivity contribution >= 4 is 23.4 Å². The van der Waals surface area contributed by atoms with E-state index in [0.717, 1.165) is 4.90 Å². The summed E-state index contributed by atoms with van der Waals surface area (Å²) in [6.07, 6.45) is 1.14. The lowest BCUT2D eigenvalue weighted by Gasteiger charge is -2.32. The number of benzene rings is 1. The Morgan fingerprint density at radius 1 is 1.25 bits per heavy atom. The molecule has 0 spiro atoms. The third-order valence-corrected chi connectivity index (χ3v) is 4.51. The molecule has 3 amide bonds. The van der Waals surface area contributed by atoms with Crippen LogP contribution >= 0.6 is 0 Å². The number of fused-ring (bicyclic) bond motifs is 1. The molecule has 1 saturated heterocycles. The molecule has 0 unspecified atom stereocenters. The van der Waals surface area contributed by atoms with Gasteiger partial charge in [-0.1, -0.05) is 6.07 Å². The van der Waals surface area contributed by atoms with E-state index in [1.54, 1.807) is 0 Å². The van der Waals surface area contributed by atoms with Crippen molar-refractivity contribution in [3.63, 3.8) is 0 Å². The van der Waals surface area contributed by atoms with Crippen molar-refractivity contribution < 1.29 is 19.3 Å². The van der Waals surface area contributed by atoms with Crippen LogP contribution in [0.3, 0.4) is 0 Å². The first kappa shape index (κ1) is 16.1. The Balaban J connectivity index is 1.76. The van der Waals surface area contributed by atoms with E-state index in [-0.39, 0.29) is 35.3 Å². The van der Waals surface area contributed by atoms with Crippen molar-refractivity contribution in [1.29, 1.82) is 0 Å². The number of rotatable bonds is 4. The Hall–Kier alpha value is -2.81. The second kappa shape index (κ2) is 6.00. The van der Waals surface area contributed by atoms with E-state index < -0.39 is 16.7 Å². The molecule has 0 atom stereocenters. The van der Waals surface area contributed by atoms with Crippen molar-refractivity contribution in [3.05, 3.63) is 39.4 Å². The van der Waals surface area contributed by atoms with Crippen LogP contribution in [0.1, 0.15) is 33.6 Å². The number of piperidine rings is 1. The predicted molar refractivity (Wildman–Crippen MR) is 82.0 cm³/mol. The largest absolute Gasteiger partial charge is 0.369 e. The minimum Gasteiger partial charge on any atom is -0.369 e. The molecule has 0 aliphatic carbocycles. The zero-order valence-electron chi connectivity index (χ0n) is 12.8. The fourth-order valence-corrected chi connectivity index (χ4v) is 3.16. The average molecular weight is 332 g/mol. The van der Waals surface area contributed by atoms with Gasteiger partial charge in [-0.15, -0.1) is 0 Å². The lowest BCUT2D eigenvalue weighted by atomic mass is 9.97. The number of imide groups is 1. The molecule has 0 saturated carbocycles. The molecule has 1 fully saturated rings. The van der Waals surface area contributed by atoms with Gasteiger partial charge in [0.1, 0.15) is 5.56 Å². The van der Waals surface area contributed by atoms with Gasteiger partial charge in [-0.2, -0.15) is 0 Å². The summed E-state index contributed by atoms with van der Waals surface area (Å²) in [5, 5.41) is 11.1. The molecule has 2 aliphatic rings. The molecule has 0 bridgehead atoms. The molecule has 2 N–H and O–H groups in total. The van der Waals surface area contributed by atoms with Gasteiger partial charge in [0.05, 0.1) is 17.2 Å². The zero-order chi connectivity index (χ0) is 17.4. The maximum absolute atomic E-state index is 12.5. The molecule has 1 aromatic carbocycles. The van der Waals surface area contributed by atoms with Crippen LogP contribution in [0.15, 0.2) is 18.2 Å². The van der Waals surface area contributed by atoms with Crippen LogP contribution < -0.4 is 5.73 Å². The number of carbonyl (C=O) groups is 3. The van der Waals surface area contributed by atoms with Gasteiger partial charge >= 0.3 is 0 Å². The summed E-state index contributed by atoms with van der Waals surface area (Å²) in [7, 11) is 0. The lowest BCUT2D eigenvalue weighted by Crippen LogP contribution is -2.46. The van der Waals surface area contributed by atoms with Crippen LogP contribution in [0.2, 0.25) is 0 Å². The highest BCUT2D eigenvalue weighted by Crippen LogP contribution is 2.31. The van der Waals surface area contributed by atoms with E-state index in [1.807, 2.05) is 4.90 Å². The smallest absolute Gasteiger partial charge is 0.282 e. The maximum Gasteiger partial charge on any atom is 0.282 e. The molecule has 24 heavy (non-hydrogen) atoms. The van der Waals surface area contributed by atoms with Gasteiger partial charge in [0.25, 0.3) is 17.5 Å². The number of nitrogens with zero attached hydrogens (tertiary/aromatic N) is 3. The summed E-state index contributed by atoms with van der Waals surface area (Å²) < 4.78 is 0. The summed E-state index contributed by atoms with van der Waals surface area (Å²) in [6.45, 7) is 1.11. The summed E-state index contributed by atoms with van der Waals surface area (Å²) in [5.41, 5.74) is 4.83. The highest BCUT2D eigenvalue weighted by atomic mass is 16.6. The topological polar surface area (TPSA) is 127 Å². The molecule has 2 aliphatic heterocycles. The molecule has 1 aromatic rings. The second-order valence-corrected chi connectivity index (χ2v) is 5.93. The second-order valence-electron chi connectivity index (χ2n) is 5.93. The minimum absolute atomic E-state index is 0.0506. The number of amides is 3. The number of hydrogen-bond donors (Lipinski definition) is 1. The van der Waals surface area contributed by atoms with Crippen LogP contribution in [0, 0.1) is 16.0 Å². The highest BCUT2D eigenvalue weighted by molar-refractivity contribution is 6.23. The Kier molecular flexibility index (Phi) is 4.02. The van der Waals surface area contributed by atoms with E-state index in [9.17, 15) is 24.5 Å². The molecular formula is C15H16N4O5. The summed E-state index contributed by atoms with van der Waals surface area (Å²) in [5.74, 6) is -1.72. The third kappa shape index (κ3) is 2.62. The van der Waals surface area contributed by atoms with Crippen LogP contribution in [0.4, 0.5) is 5.69 Å². The minimum atomic E-state index is -0.661. The van der Waals surface area contributed by atoms with Gasteiger partial charge in [0.2, 0.25) is 5.91 Å². The number of nitro benzene ring substituents is 1. The molecule has 3 rings (SSSR count). The quantitative estimate of drug-likeness (QED) is 0.481. The third-order valence-electron chi connectivity index (χ3n) is 4.51. The molecule has 126 valence electrons. The first-order valence-electron chi connectivity index (χ1n) is 7.55. The van der Waals surface area contributed by atoms with Crippen molar-refractivity contribution in [2.45, 2.75) is 12.8 Å². The first-order valence-corrected chi connectivity index (χ1v) is 7.55. The van der Waals surface area contributed by atoms with E-state index in [2.05, 4.69) is 0 Å². The average Bonchev–Trinajstić information content (AvgIpc) is 2.80. The Labute approximate surface area is 137 Å². The summed E-state index contributed by atoms with van der Waals surface area (Å²) in [6, 6.07) is 4.03. The summed E-state index contributed by atoms with van der Waals surface area (Å²) >= 11 is 0. The maximum atomic E-state index is 12.5. The number of hydrogen-bond acceptors (Lipinski definition) is 6. The SMILES string of the molecule is NC(=O)C1CCN(CN2C(=O)c3cccc([N+](=O)[O-])c3C2=O)CC1. The molecule has 2 heterocycles. The molecule has 0 aromatic heterocycles. The van der Waals surface area contributed by atoms with Crippen molar-refractivity contribution in [1.82, 2.24) is 9.80 Å². The Morgan fingerprint density at radius 2 is 1.92 bits per heavy atom. The predicted octanol–water partition coefficient (Wildman–Crippen LogP) is 0.346. The Bertz CT molecular complexity index is 739. The zero-order valence-corrected chi connectivity index (χ0v) is 12.8. The van der Waals surface area contributed by atoms with Gasteiger partial charge < -0.3 is 5.73 Å². The van der Waals surface area contributed by atoms with Gasteiger partial charge in [0, 0.05) is 25.1 Å². The van der Waals surface area contributed by atoms with E-state index >= 15 is 0 Å². The van der Waals surface area contributed by atoms with Crippen molar-refractivity contribution in [3.8, 4) is 0 Å². The molecule has 9 heteroatoms. The van der Waals surface area contributed by atoms with Crippen molar-refractivity contribution in [2.75, 3.05) is 19.8 Å². The van der Waals surface area contributed by atoms with E-state index in [1.165, 1.54) is 18.2 Å². The van der Waals surface area contributed by atoms with Crippen LogP contribution in [0.5, 0.6) is 0 Å². The van der Waals surface area contributed by atoms with E-state index in [0.29, 0.717) is 25.9 Å². The van der Waals surface area contributed by atoms with Gasteiger partial charge in [-0.05, 0) is 18.9 Å². The highest BCUT2D eigenvalue weighted by Gasteiger charge is 2.41. The molecule has 0 radical (unpaired) electrons. The number of nitrogens with two attached hydrogens (primary N) is 1. The van der Waals surface area contributed by atoms with Crippen LogP contribution in [0.25, 0.3) is 0 Å². The fourth-order valence-electron chi connectivity index (χ4n) is 3.16. The number of nitro groups is 1. The normalized spacial score (nSPS) is 18.8. The molecular weight excluding hydrogens is 316 g/mol. The van der Waals surface area contributed by atoms with Crippen LogP contribution in [-0.4, -0.2) is 52.2 Å². The Morgan fingerprint density at radius 3 is 2.50 bits per heavy atom. The fraction of sp³-hybridized carbons (Fsp3) is 0.400. The first-order chi connectivity index (χ1) is 11.4. The van der Waals surface area contributed by atoms with Crippen LogP contribution in [-0.2, 0) is 4.79 Å². The number of likely N-dealkylation sites (tertiary alicyclic amines) is 1. The monoisotopic (exact) mass is 332 g/mol. The van der Waals surface area contributed by atoms with Crippen molar-refractivity contribution in [2.24, 2.45) is 11.7 Å². The van der Waals surface area contributed by atoms with Gasteiger partial charge in [0.15, 0.2) is 0 Å². The number of primary amides is 1. The van der Waals surface area contributed by atoms with Gasteiger partial charge in [-0.3, -0.25) is 34.3 Å². The van der Waals surface area contributed by atoms with E-state index in [4.69, 9.17) is 5.73 Å². The lowest BCUT2D eigenvalue weighted by molar-refractivity contribution is -0.385. The summed E-state index contributed by atoms with van der Waals surface area (Å²) in [4.78, 5) is 49.4. The number of carbonyl (C=O) groups excluding carboxylic acids is 3. The standard InChI is InChI=1S/C15H16N4O5/c16-13(20)9-4-6-17(7-5-9)8-18-14(21)10-2-1-3-11(19(23)24)12(10)15(18)22/h1-3,9H,4-8H2,(H2,16,20).